The van der Waals surface area contributed by atoms with E-state index in [1.165, 1.54) is 22.0 Å². The SMILES string of the molecule is CCC(C)(Pc1ccc(C)cc1CNC)c1cc(C)ccc1O. The number of nitrogens with one attached hydrogen (secondary N) is 1. The van der Waals surface area contributed by atoms with Crippen molar-refractivity contribution >= 4 is 13.9 Å². The number of benzene rings is 2. The van der Waals surface area contributed by atoms with Gasteiger partial charge >= 0.3 is 0 Å². The van der Waals surface area contributed by atoms with Gasteiger partial charge in [0, 0.05) is 17.3 Å². The van der Waals surface area contributed by atoms with Crippen molar-refractivity contribution in [1.29, 1.82) is 0 Å². The maximum atomic E-state index is 10.4. The number of hydrogen-bond donors (Lipinski definition) is 2. The number of phenolic OH excluding ortho intramolecular Hbond substituents is 1. The number of phenols is 1. The van der Waals surface area contributed by atoms with E-state index in [0.29, 0.717) is 14.3 Å². The van der Waals surface area contributed by atoms with Crippen LogP contribution in [-0.4, -0.2) is 12.2 Å². The van der Waals surface area contributed by atoms with Crippen molar-refractivity contribution in [2.24, 2.45) is 0 Å². The Labute approximate surface area is 142 Å². The van der Waals surface area contributed by atoms with Gasteiger partial charge in [0.15, 0.2) is 0 Å². The Balaban J connectivity index is 2.44. The van der Waals surface area contributed by atoms with Gasteiger partial charge in [0.1, 0.15) is 5.75 Å². The van der Waals surface area contributed by atoms with Crippen LogP contribution in [0.2, 0.25) is 0 Å². The van der Waals surface area contributed by atoms with Gasteiger partial charge in [-0.3, -0.25) is 0 Å². The van der Waals surface area contributed by atoms with Crippen LogP contribution < -0.4 is 10.6 Å². The molecule has 23 heavy (non-hydrogen) atoms. The van der Waals surface area contributed by atoms with E-state index < -0.39 is 0 Å². The van der Waals surface area contributed by atoms with Crippen LogP contribution in [0.4, 0.5) is 0 Å². The fourth-order valence-electron chi connectivity index (χ4n) is 2.92. The van der Waals surface area contributed by atoms with Gasteiger partial charge in [-0.25, -0.2) is 0 Å². The Morgan fingerprint density at radius 3 is 2.39 bits per heavy atom. The molecule has 0 aliphatic carbocycles. The minimum absolute atomic E-state index is 0.0478. The molecule has 2 nitrogen and oxygen atoms in total. The third kappa shape index (κ3) is 4.13. The summed E-state index contributed by atoms with van der Waals surface area (Å²) in [7, 11) is 2.61. The predicted molar refractivity (Wildman–Crippen MR) is 102 cm³/mol. The predicted octanol–water partition coefficient (Wildman–Crippen LogP) is 4.36. The number of hydrogen-bond acceptors (Lipinski definition) is 2. The fraction of sp³-hybridized carbons (Fsp3) is 0.400. The lowest BCUT2D eigenvalue weighted by molar-refractivity contribution is 0.456. The molecule has 2 atom stereocenters. The zero-order valence-corrected chi connectivity index (χ0v) is 15.8. The van der Waals surface area contributed by atoms with E-state index in [-0.39, 0.29) is 5.16 Å². The normalized spacial score (nSPS) is 14.3. The van der Waals surface area contributed by atoms with Crippen LogP contribution in [0.15, 0.2) is 36.4 Å². The largest absolute Gasteiger partial charge is 0.508 e. The zero-order valence-electron chi connectivity index (χ0n) is 14.8. The van der Waals surface area contributed by atoms with Crippen molar-refractivity contribution in [2.75, 3.05) is 7.05 Å². The van der Waals surface area contributed by atoms with E-state index in [4.69, 9.17) is 0 Å². The molecule has 3 heteroatoms. The van der Waals surface area contributed by atoms with Crippen LogP contribution in [0.25, 0.3) is 0 Å². The van der Waals surface area contributed by atoms with Gasteiger partial charge in [-0.05, 0) is 44.3 Å². The van der Waals surface area contributed by atoms with Gasteiger partial charge in [-0.2, -0.15) is 0 Å². The maximum Gasteiger partial charge on any atom is 0.119 e. The van der Waals surface area contributed by atoms with Gasteiger partial charge in [-0.15, -0.1) is 0 Å². The van der Waals surface area contributed by atoms with Crippen LogP contribution in [0, 0.1) is 13.8 Å². The highest BCUT2D eigenvalue weighted by Crippen LogP contribution is 2.47. The van der Waals surface area contributed by atoms with E-state index in [0.717, 1.165) is 18.5 Å². The summed E-state index contributed by atoms with van der Waals surface area (Å²) in [6, 6.07) is 12.6. The molecule has 0 saturated carbocycles. The molecular weight excluding hydrogens is 301 g/mol. The van der Waals surface area contributed by atoms with E-state index in [1.807, 2.05) is 19.2 Å². The van der Waals surface area contributed by atoms with Crippen molar-refractivity contribution in [2.45, 2.75) is 45.8 Å². The molecule has 2 aromatic rings. The summed E-state index contributed by atoms with van der Waals surface area (Å²) >= 11 is 0. The van der Waals surface area contributed by atoms with Crippen LogP contribution >= 0.6 is 8.58 Å². The Morgan fingerprint density at radius 2 is 1.74 bits per heavy atom. The third-order valence-electron chi connectivity index (χ3n) is 4.49. The molecule has 2 rings (SSSR count). The van der Waals surface area contributed by atoms with Gasteiger partial charge < -0.3 is 10.4 Å². The topological polar surface area (TPSA) is 32.3 Å². The fourth-order valence-corrected chi connectivity index (χ4v) is 4.51. The summed E-state index contributed by atoms with van der Waals surface area (Å²) in [5, 5.41) is 15.0. The second kappa shape index (κ2) is 7.47. The molecule has 0 amide bonds. The monoisotopic (exact) mass is 329 g/mol. The smallest absolute Gasteiger partial charge is 0.119 e. The first-order chi connectivity index (χ1) is 10.9. The van der Waals surface area contributed by atoms with Crippen molar-refractivity contribution < 1.29 is 5.11 Å². The lowest BCUT2D eigenvalue weighted by Gasteiger charge is -2.31. The van der Waals surface area contributed by atoms with Crippen LogP contribution in [-0.2, 0) is 11.7 Å². The number of aromatic hydroxyl groups is 1. The molecule has 0 bridgehead atoms. The Hall–Kier alpha value is -1.37. The average molecular weight is 329 g/mol. The standard InChI is InChI=1S/C20H28NOP/c1-6-20(4,17-12-15(3)7-9-18(17)22)23-19-10-8-14(2)11-16(19)13-21-5/h7-12,21-23H,6,13H2,1-5H3. The first kappa shape index (κ1) is 18.0. The van der Waals surface area contributed by atoms with Gasteiger partial charge in [-0.1, -0.05) is 63.9 Å². The van der Waals surface area contributed by atoms with E-state index in [2.05, 4.69) is 57.3 Å². The molecule has 0 heterocycles. The van der Waals surface area contributed by atoms with Gasteiger partial charge in [0.2, 0.25) is 0 Å². The minimum Gasteiger partial charge on any atom is -0.508 e. The lowest BCUT2D eigenvalue weighted by atomic mass is 9.95. The summed E-state index contributed by atoms with van der Waals surface area (Å²) in [6.45, 7) is 9.57. The van der Waals surface area contributed by atoms with E-state index in [1.54, 1.807) is 0 Å². The molecule has 0 aliphatic rings. The summed E-state index contributed by atoms with van der Waals surface area (Å²) in [5.74, 6) is 0.412. The molecule has 0 saturated heterocycles. The number of rotatable bonds is 6. The highest BCUT2D eigenvalue weighted by molar-refractivity contribution is 7.48. The van der Waals surface area contributed by atoms with Crippen LogP contribution in [0.5, 0.6) is 5.75 Å². The molecule has 124 valence electrons. The molecule has 0 aliphatic heterocycles. The summed E-state index contributed by atoms with van der Waals surface area (Å²) in [4.78, 5) is 0. The first-order valence-electron chi connectivity index (χ1n) is 8.22. The number of aryl methyl sites for hydroxylation is 2. The third-order valence-corrected chi connectivity index (χ3v) is 6.42. The molecule has 0 fully saturated rings. The quantitative estimate of drug-likeness (QED) is 0.772. The molecule has 0 radical (unpaired) electrons. The van der Waals surface area contributed by atoms with Gasteiger partial charge in [0.05, 0.1) is 0 Å². The molecule has 0 aromatic heterocycles. The van der Waals surface area contributed by atoms with Gasteiger partial charge in [0.25, 0.3) is 0 Å². The molecule has 2 aromatic carbocycles. The van der Waals surface area contributed by atoms with Crippen LogP contribution in [0.3, 0.4) is 0 Å². The second-order valence-corrected chi connectivity index (χ2v) is 8.41. The van der Waals surface area contributed by atoms with Crippen molar-refractivity contribution in [3.8, 4) is 5.75 Å². The first-order valence-corrected chi connectivity index (χ1v) is 9.22. The minimum atomic E-state index is -0.0478. The average Bonchev–Trinajstić information content (AvgIpc) is 2.52. The van der Waals surface area contributed by atoms with Crippen LogP contribution in [0.1, 0.15) is 42.5 Å². The summed E-state index contributed by atoms with van der Waals surface area (Å²) in [5.41, 5.74) is 4.91. The zero-order chi connectivity index (χ0) is 17.0. The van der Waals surface area contributed by atoms with Crippen molar-refractivity contribution in [3.63, 3.8) is 0 Å². The molecule has 2 N–H and O–H groups in total. The lowest BCUT2D eigenvalue weighted by Crippen LogP contribution is -2.22. The maximum absolute atomic E-state index is 10.4. The Morgan fingerprint density at radius 1 is 1.09 bits per heavy atom. The molecule has 0 spiro atoms. The highest BCUT2D eigenvalue weighted by atomic mass is 31.1. The highest BCUT2D eigenvalue weighted by Gasteiger charge is 2.29. The van der Waals surface area contributed by atoms with E-state index >= 15 is 0 Å². The summed E-state index contributed by atoms with van der Waals surface area (Å²) < 4.78 is 0. The summed E-state index contributed by atoms with van der Waals surface area (Å²) in [6.07, 6.45) is 0.995. The van der Waals surface area contributed by atoms with Crippen molar-refractivity contribution in [3.05, 3.63) is 58.7 Å². The van der Waals surface area contributed by atoms with E-state index in [9.17, 15) is 5.11 Å². The van der Waals surface area contributed by atoms with Crippen molar-refractivity contribution in [1.82, 2.24) is 5.32 Å². The molecular formula is C20H28NOP. The molecule has 2 unspecified atom stereocenters. The second-order valence-electron chi connectivity index (χ2n) is 6.52. The Bertz CT molecular complexity index is 683. The Kier molecular flexibility index (Phi) is 5.84.